The molecule has 1 saturated heterocycles. The molecule has 1 fully saturated rings. The second kappa shape index (κ2) is 8.17. The third kappa shape index (κ3) is 4.84. The van der Waals surface area contributed by atoms with E-state index in [1.165, 1.54) is 7.11 Å². The smallest absolute Gasteiger partial charge is 0.321 e. The number of ether oxygens (including phenoxy) is 1. The summed E-state index contributed by atoms with van der Waals surface area (Å²) in [5.74, 6) is -0.791. The molecule has 0 bridgehead atoms. The number of nitrogens with zero attached hydrogens (tertiary/aromatic N) is 1. The van der Waals surface area contributed by atoms with E-state index in [2.05, 4.69) is 5.32 Å². The van der Waals surface area contributed by atoms with Gasteiger partial charge in [-0.15, -0.1) is 0 Å². The Bertz CT molecular complexity index is 573. The summed E-state index contributed by atoms with van der Waals surface area (Å²) in [5, 5.41) is 12.5. The summed E-state index contributed by atoms with van der Waals surface area (Å²) in [6, 6.07) is 4.11. The maximum atomic E-state index is 12.2. The highest BCUT2D eigenvalue weighted by atomic mass is 35.5. The van der Waals surface area contributed by atoms with E-state index in [1.54, 1.807) is 18.2 Å². The largest absolute Gasteiger partial charge is 0.495 e. The molecule has 1 heterocycles. The van der Waals surface area contributed by atoms with Gasteiger partial charge in [-0.2, -0.15) is 0 Å². The Hall–Kier alpha value is -1.79. The number of carbonyl (C=O) groups excluding carboxylic acids is 1. The first-order chi connectivity index (χ1) is 11.0. The number of carboxylic acids is 1. The van der Waals surface area contributed by atoms with Gasteiger partial charge in [0.2, 0.25) is 5.91 Å². The molecule has 23 heavy (non-hydrogen) atoms. The van der Waals surface area contributed by atoms with Crippen molar-refractivity contribution in [3.63, 3.8) is 0 Å². The number of piperidine rings is 1. The summed E-state index contributed by atoms with van der Waals surface area (Å²) in [7, 11) is 1.51. The quantitative estimate of drug-likeness (QED) is 0.832. The zero-order valence-corrected chi connectivity index (χ0v) is 13.8. The first-order valence-electron chi connectivity index (χ1n) is 7.61. The summed E-state index contributed by atoms with van der Waals surface area (Å²) in [5.41, 5.74) is 0.517. The van der Waals surface area contributed by atoms with Gasteiger partial charge < -0.3 is 15.2 Å². The molecule has 2 N–H and O–H groups in total. The van der Waals surface area contributed by atoms with Crippen molar-refractivity contribution in [3.8, 4) is 5.75 Å². The van der Waals surface area contributed by atoms with Crippen molar-refractivity contribution in [1.82, 2.24) is 4.90 Å². The standard InChI is InChI=1S/C16H21ClN2O4/c1-23-14-6-5-11(9-12(14)17)18-15(20)10-13(16(21)22)19-7-3-2-4-8-19/h5-6,9,13H,2-4,7-8,10H2,1H3,(H,18,20)(H,21,22). The Morgan fingerprint density at radius 3 is 2.61 bits per heavy atom. The van der Waals surface area contributed by atoms with Crippen molar-refractivity contribution in [2.45, 2.75) is 31.7 Å². The molecule has 2 rings (SSSR count). The molecule has 0 spiro atoms. The van der Waals surface area contributed by atoms with Crippen LogP contribution < -0.4 is 10.1 Å². The van der Waals surface area contributed by atoms with Crippen LogP contribution in [0.2, 0.25) is 5.02 Å². The lowest BCUT2D eigenvalue weighted by molar-refractivity contribution is -0.145. The highest BCUT2D eigenvalue weighted by Crippen LogP contribution is 2.27. The number of aliphatic carboxylic acids is 1. The van der Waals surface area contributed by atoms with Crippen LogP contribution in [0.25, 0.3) is 0 Å². The maximum absolute atomic E-state index is 12.2. The number of hydrogen-bond donors (Lipinski definition) is 2. The zero-order valence-electron chi connectivity index (χ0n) is 13.0. The monoisotopic (exact) mass is 340 g/mol. The van der Waals surface area contributed by atoms with Gasteiger partial charge in [-0.3, -0.25) is 14.5 Å². The lowest BCUT2D eigenvalue weighted by Crippen LogP contribution is -2.45. The number of benzene rings is 1. The molecule has 1 atom stereocenters. The van der Waals surface area contributed by atoms with E-state index < -0.39 is 12.0 Å². The van der Waals surface area contributed by atoms with Gasteiger partial charge in [0.25, 0.3) is 0 Å². The number of methoxy groups -OCH3 is 1. The number of likely N-dealkylation sites (tertiary alicyclic amines) is 1. The average Bonchev–Trinajstić information content (AvgIpc) is 2.53. The Balaban J connectivity index is 1.98. The summed E-state index contributed by atoms with van der Waals surface area (Å²) in [4.78, 5) is 25.5. The Morgan fingerprint density at radius 1 is 1.35 bits per heavy atom. The molecule has 0 aliphatic carbocycles. The first kappa shape index (κ1) is 17.6. The second-order valence-corrected chi connectivity index (χ2v) is 5.96. The van der Waals surface area contributed by atoms with Crippen molar-refractivity contribution in [2.75, 3.05) is 25.5 Å². The van der Waals surface area contributed by atoms with E-state index in [4.69, 9.17) is 16.3 Å². The van der Waals surface area contributed by atoms with Crippen LogP contribution in [0.4, 0.5) is 5.69 Å². The molecule has 1 aliphatic heterocycles. The lowest BCUT2D eigenvalue weighted by atomic mass is 10.1. The minimum Gasteiger partial charge on any atom is -0.495 e. The van der Waals surface area contributed by atoms with Crippen molar-refractivity contribution in [2.24, 2.45) is 0 Å². The molecule has 1 amide bonds. The molecule has 1 aromatic rings. The Kier molecular flexibility index (Phi) is 6.24. The maximum Gasteiger partial charge on any atom is 0.321 e. The van der Waals surface area contributed by atoms with Crippen molar-refractivity contribution < 1.29 is 19.4 Å². The zero-order chi connectivity index (χ0) is 16.8. The van der Waals surface area contributed by atoms with Gasteiger partial charge in [0.15, 0.2) is 0 Å². The van der Waals surface area contributed by atoms with Crippen LogP contribution >= 0.6 is 11.6 Å². The predicted molar refractivity (Wildman–Crippen MR) is 88.1 cm³/mol. The van der Waals surface area contributed by atoms with Gasteiger partial charge >= 0.3 is 5.97 Å². The second-order valence-electron chi connectivity index (χ2n) is 5.55. The van der Waals surface area contributed by atoms with E-state index in [1.807, 2.05) is 4.90 Å². The molecule has 0 radical (unpaired) electrons. The molecule has 7 heteroatoms. The molecule has 1 unspecified atom stereocenters. The third-order valence-corrected chi connectivity index (χ3v) is 4.23. The number of halogens is 1. The fraction of sp³-hybridized carbons (Fsp3) is 0.500. The average molecular weight is 341 g/mol. The summed E-state index contributed by atoms with van der Waals surface area (Å²) in [6.45, 7) is 1.44. The number of rotatable bonds is 6. The number of amides is 1. The highest BCUT2D eigenvalue weighted by Gasteiger charge is 2.29. The van der Waals surface area contributed by atoms with E-state index in [0.717, 1.165) is 32.4 Å². The summed E-state index contributed by atoms with van der Waals surface area (Å²) >= 11 is 6.01. The molecular weight excluding hydrogens is 320 g/mol. The van der Waals surface area contributed by atoms with Gasteiger partial charge in [0.05, 0.1) is 18.6 Å². The van der Waals surface area contributed by atoms with Crippen LogP contribution in [0.1, 0.15) is 25.7 Å². The lowest BCUT2D eigenvalue weighted by Gasteiger charge is -2.31. The van der Waals surface area contributed by atoms with Gasteiger partial charge in [-0.25, -0.2) is 0 Å². The number of anilines is 1. The van der Waals surface area contributed by atoms with Crippen molar-refractivity contribution in [3.05, 3.63) is 23.2 Å². The van der Waals surface area contributed by atoms with E-state index >= 15 is 0 Å². The molecule has 126 valence electrons. The number of nitrogens with one attached hydrogen (secondary N) is 1. The van der Waals surface area contributed by atoms with Crippen LogP contribution in [0.15, 0.2) is 18.2 Å². The van der Waals surface area contributed by atoms with Crippen LogP contribution in [0, 0.1) is 0 Å². The molecule has 1 aromatic carbocycles. The molecule has 1 aliphatic rings. The SMILES string of the molecule is COc1ccc(NC(=O)CC(C(=O)O)N2CCCCC2)cc1Cl. The molecular formula is C16H21ClN2O4. The fourth-order valence-electron chi connectivity index (χ4n) is 2.73. The van der Waals surface area contributed by atoms with Gasteiger partial charge in [-0.1, -0.05) is 18.0 Å². The molecule has 6 nitrogen and oxygen atoms in total. The topological polar surface area (TPSA) is 78.9 Å². The van der Waals surface area contributed by atoms with Gasteiger partial charge in [0, 0.05) is 5.69 Å². The van der Waals surface area contributed by atoms with Crippen LogP contribution in [0.5, 0.6) is 5.75 Å². The van der Waals surface area contributed by atoms with Gasteiger partial charge in [0.1, 0.15) is 11.8 Å². The van der Waals surface area contributed by atoms with Crippen LogP contribution in [0.3, 0.4) is 0 Å². The minimum absolute atomic E-state index is 0.0843. The Morgan fingerprint density at radius 2 is 2.04 bits per heavy atom. The predicted octanol–water partition coefficient (Wildman–Crippen LogP) is 2.62. The highest BCUT2D eigenvalue weighted by molar-refractivity contribution is 6.32. The molecule has 0 aromatic heterocycles. The Labute approximate surface area is 140 Å². The van der Waals surface area contributed by atoms with E-state index in [0.29, 0.717) is 16.5 Å². The summed E-state index contributed by atoms with van der Waals surface area (Å²) < 4.78 is 5.05. The normalized spacial score (nSPS) is 16.6. The number of carbonyl (C=O) groups is 2. The fourth-order valence-corrected chi connectivity index (χ4v) is 2.99. The van der Waals surface area contributed by atoms with E-state index in [9.17, 15) is 14.7 Å². The van der Waals surface area contributed by atoms with Gasteiger partial charge in [-0.05, 0) is 44.1 Å². The van der Waals surface area contributed by atoms with Crippen LogP contribution in [-0.2, 0) is 9.59 Å². The van der Waals surface area contributed by atoms with E-state index in [-0.39, 0.29) is 12.3 Å². The van der Waals surface area contributed by atoms with Crippen molar-refractivity contribution >= 4 is 29.2 Å². The minimum atomic E-state index is -0.963. The van der Waals surface area contributed by atoms with Crippen molar-refractivity contribution in [1.29, 1.82) is 0 Å². The first-order valence-corrected chi connectivity index (χ1v) is 7.99. The molecule has 0 saturated carbocycles. The summed E-state index contributed by atoms with van der Waals surface area (Å²) in [6.07, 6.45) is 2.97. The number of hydrogen-bond acceptors (Lipinski definition) is 4. The van der Waals surface area contributed by atoms with Crippen LogP contribution in [-0.4, -0.2) is 48.1 Å². The third-order valence-electron chi connectivity index (χ3n) is 3.93. The number of carboxylic acid groups (broad SMARTS) is 1.